The molecular formula is C24H38O4. The normalized spacial score (nSPS) is 12.2. The van der Waals surface area contributed by atoms with Gasteiger partial charge in [-0.05, 0) is 102 Å². The number of aliphatic carboxylic acids is 2. The molecule has 1 aromatic rings. The molecule has 0 fully saturated rings. The lowest BCUT2D eigenvalue weighted by molar-refractivity contribution is -0.148. The van der Waals surface area contributed by atoms with E-state index in [-0.39, 0.29) is 0 Å². The summed E-state index contributed by atoms with van der Waals surface area (Å²) in [6, 6.07) is 4.38. The van der Waals surface area contributed by atoms with E-state index in [9.17, 15) is 19.8 Å². The van der Waals surface area contributed by atoms with Crippen LogP contribution >= 0.6 is 0 Å². The minimum atomic E-state index is -0.729. The second-order valence-electron chi connectivity index (χ2n) is 9.44. The molecule has 0 heterocycles. The van der Waals surface area contributed by atoms with Gasteiger partial charge < -0.3 is 10.2 Å². The summed E-state index contributed by atoms with van der Waals surface area (Å²) in [4.78, 5) is 22.4. The zero-order valence-electron chi connectivity index (χ0n) is 18.5. The third kappa shape index (κ3) is 6.96. The third-order valence-corrected chi connectivity index (χ3v) is 6.08. The van der Waals surface area contributed by atoms with Gasteiger partial charge in [-0.15, -0.1) is 0 Å². The highest BCUT2D eigenvalue weighted by molar-refractivity contribution is 5.73. The Balaban J connectivity index is 2.61. The van der Waals surface area contributed by atoms with Gasteiger partial charge in [0.1, 0.15) is 0 Å². The number of carbonyl (C=O) groups is 2. The molecule has 1 rings (SSSR count). The highest BCUT2D eigenvalue weighted by Gasteiger charge is 2.27. The van der Waals surface area contributed by atoms with E-state index in [0.29, 0.717) is 12.8 Å². The molecule has 0 aromatic heterocycles. The van der Waals surface area contributed by atoms with Crippen molar-refractivity contribution in [2.75, 3.05) is 0 Å². The molecule has 2 N–H and O–H groups in total. The first-order valence-electron chi connectivity index (χ1n) is 10.4. The Labute approximate surface area is 170 Å². The van der Waals surface area contributed by atoms with Gasteiger partial charge in [-0.25, -0.2) is 0 Å². The van der Waals surface area contributed by atoms with Gasteiger partial charge in [-0.3, -0.25) is 9.59 Å². The molecule has 0 aliphatic rings. The maximum absolute atomic E-state index is 11.2. The molecule has 0 unspecified atom stereocenters. The van der Waals surface area contributed by atoms with E-state index in [1.165, 1.54) is 22.3 Å². The molecule has 28 heavy (non-hydrogen) atoms. The zero-order valence-corrected chi connectivity index (χ0v) is 18.5. The number of aryl methyl sites for hydroxylation is 2. The van der Waals surface area contributed by atoms with Crippen LogP contribution in [0.4, 0.5) is 0 Å². The SMILES string of the molecule is Cc1ccc(CCCCC(C)(C)C(=O)O)c(C)c1CCCCC(C)(C)C(=O)O. The fraction of sp³-hybridized carbons (Fsp3) is 0.667. The van der Waals surface area contributed by atoms with Gasteiger partial charge in [0.2, 0.25) is 0 Å². The largest absolute Gasteiger partial charge is 0.481 e. The maximum atomic E-state index is 11.2. The molecule has 0 saturated heterocycles. The smallest absolute Gasteiger partial charge is 0.309 e. The molecule has 4 nitrogen and oxygen atoms in total. The van der Waals surface area contributed by atoms with Crippen molar-refractivity contribution in [1.82, 2.24) is 0 Å². The summed E-state index contributed by atoms with van der Waals surface area (Å²) in [5.41, 5.74) is 4.06. The number of unbranched alkanes of at least 4 members (excludes halogenated alkanes) is 2. The van der Waals surface area contributed by atoms with Crippen molar-refractivity contribution in [3.05, 3.63) is 34.4 Å². The maximum Gasteiger partial charge on any atom is 0.309 e. The predicted octanol–water partition coefficient (Wildman–Crippen LogP) is 5.95. The second kappa shape index (κ2) is 10.1. The highest BCUT2D eigenvalue weighted by atomic mass is 16.4. The van der Waals surface area contributed by atoms with E-state index in [1.807, 2.05) is 0 Å². The molecule has 0 aliphatic heterocycles. The summed E-state index contributed by atoms with van der Waals surface area (Å²) in [5.74, 6) is -1.46. The number of hydrogen-bond acceptors (Lipinski definition) is 2. The number of rotatable bonds is 12. The van der Waals surface area contributed by atoms with Crippen molar-refractivity contribution in [1.29, 1.82) is 0 Å². The fourth-order valence-corrected chi connectivity index (χ4v) is 3.56. The van der Waals surface area contributed by atoms with E-state index in [1.54, 1.807) is 27.7 Å². The lowest BCUT2D eigenvalue weighted by Gasteiger charge is -2.20. The number of carboxylic acids is 2. The van der Waals surface area contributed by atoms with Crippen LogP contribution in [0.15, 0.2) is 12.1 Å². The van der Waals surface area contributed by atoms with Crippen molar-refractivity contribution >= 4 is 11.9 Å². The van der Waals surface area contributed by atoms with Crippen LogP contribution in [0.3, 0.4) is 0 Å². The number of carboxylic acid groups (broad SMARTS) is 2. The van der Waals surface area contributed by atoms with E-state index in [2.05, 4.69) is 26.0 Å². The third-order valence-electron chi connectivity index (χ3n) is 6.08. The minimum absolute atomic E-state index is 0.656. The molecule has 158 valence electrons. The molecule has 0 aliphatic carbocycles. The summed E-state index contributed by atoms with van der Waals surface area (Å²) >= 11 is 0. The summed E-state index contributed by atoms with van der Waals surface area (Å²) in [6.45, 7) is 11.5. The first-order chi connectivity index (χ1) is 12.9. The Kier molecular flexibility index (Phi) is 8.72. The van der Waals surface area contributed by atoms with Crippen LogP contribution < -0.4 is 0 Å². The van der Waals surface area contributed by atoms with Gasteiger partial charge in [-0.1, -0.05) is 25.0 Å². The van der Waals surface area contributed by atoms with Crippen molar-refractivity contribution in [3.8, 4) is 0 Å². The van der Waals surface area contributed by atoms with Gasteiger partial charge in [0, 0.05) is 0 Å². The Morgan fingerprint density at radius 1 is 0.786 bits per heavy atom. The van der Waals surface area contributed by atoms with Gasteiger partial charge in [0.05, 0.1) is 10.8 Å². The lowest BCUT2D eigenvalue weighted by atomic mass is 9.85. The van der Waals surface area contributed by atoms with Crippen molar-refractivity contribution < 1.29 is 19.8 Å². The average molecular weight is 391 g/mol. The Hall–Kier alpha value is -1.84. The summed E-state index contributed by atoms with van der Waals surface area (Å²) < 4.78 is 0. The predicted molar refractivity (Wildman–Crippen MR) is 114 cm³/mol. The highest BCUT2D eigenvalue weighted by Crippen LogP contribution is 2.27. The monoisotopic (exact) mass is 390 g/mol. The van der Waals surface area contributed by atoms with Gasteiger partial charge >= 0.3 is 11.9 Å². The molecule has 0 radical (unpaired) electrons. The van der Waals surface area contributed by atoms with Gasteiger partial charge in [0.25, 0.3) is 0 Å². The quantitative estimate of drug-likeness (QED) is 0.432. The number of hydrogen-bond donors (Lipinski definition) is 2. The van der Waals surface area contributed by atoms with E-state index in [4.69, 9.17) is 0 Å². The Morgan fingerprint density at radius 2 is 1.25 bits per heavy atom. The standard InChI is InChI=1S/C24H38O4/c1-17-13-14-19(11-7-9-15-23(3,4)21(25)26)18(2)20(17)12-8-10-16-24(5,6)22(27)28/h13-14H,7-12,15-16H2,1-6H3,(H,25,26)(H,27,28). The lowest BCUT2D eigenvalue weighted by Crippen LogP contribution is -2.23. The van der Waals surface area contributed by atoms with Gasteiger partial charge in [0.15, 0.2) is 0 Å². The van der Waals surface area contributed by atoms with Crippen LogP contribution in [0.25, 0.3) is 0 Å². The first kappa shape index (κ1) is 24.2. The Morgan fingerprint density at radius 3 is 1.71 bits per heavy atom. The van der Waals surface area contributed by atoms with Gasteiger partial charge in [-0.2, -0.15) is 0 Å². The van der Waals surface area contributed by atoms with Crippen LogP contribution in [-0.4, -0.2) is 22.2 Å². The zero-order chi connectivity index (χ0) is 21.5. The molecule has 4 heteroatoms. The van der Waals surface area contributed by atoms with Crippen LogP contribution in [0.5, 0.6) is 0 Å². The van der Waals surface area contributed by atoms with Crippen LogP contribution in [0.2, 0.25) is 0 Å². The van der Waals surface area contributed by atoms with Crippen molar-refractivity contribution in [2.24, 2.45) is 10.8 Å². The molecule has 0 atom stereocenters. The second-order valence-corrected chi connectivity index (χ2v) is 9.44. The van der Waals surface area contributed by atoms with E-state index in [0.717, 1.165) is 38.5 Å². The first-order valence-corrected chi connectivity index (χ1v) is 10.4. The molecular weight excluding hydrogens is 352 g/mol. The van der Waals surface area contributed by atoms with Crippen molar-refractivity contribution in [2.45, 2.75) is 92.9 Å². The Bertz CT molecular complexity index is 686. The average Bonchev–Trinajstić information content (AvgIpc) is 2.59. The topological polar surface area (TPSA) is 74.6 Å². The molecule has 0 amide bonds. The van der Waals surface area contributed by atoms with E-state index < -0.39 is 22.8 Å². The van der Waals surface area contributed by atoms with Crippen LogP contribution in [0, 0.1) is 24.7 Å². The molecule has 0 bridgehead atoms. The molecule has 0 spiro atoms. The van der Waals surface area contributed by atoms with Crippen LogP contribution in [0.1, 0.15) is 88.5 Å². The minimum Gasteiger partial charge on any atom is -0.481 e. The number of benzene rings is 1. The molecule has 0 saturated carbocycles. The van der Waals surface area contributed by atoms with Crippen molar-refractivity contribution in [3.63, 3.8) is 0 Å². The summed E-state index contributed by atoms with van der Waals surface area (Å²) in [6.07, 6.45) is 7.15. The molecule has 1 aromatic carbocycles. The fourth-order valence-electron chi connectivity index (χ4n) is 3.56. The summed E-state index contributed by atoms with van der Waals surface area (Å²) in [5, 5.41) is 18.5. The van der Waals surface area contributed by atoms with E-state index >= 15 is 0 Å². The van der Waals surface area contributed by atoms with Crippen LogP contribution in [-0.2, 0) is 22.4 Å². The summed E-state index contributed by atoms with van der Waals surface area (Å²) in [7, 11) is 0.